The Balaban J connectivity index is 0.00000144. The molecule has 3 nitrogen and oxygen atoms in total. The van der Waals surface area contributed by atoms with Crippen LogP contribution in [0.1, 0.15) is 5.56 Å². The highest BCUT2D eigenvalue weighted by Gasteiger charge is 1.96. The molecule has 0 amide bonds. The summed E-state index contributed by atoms with van der Waals surface area (Å²) in [6.07, 6.45) is 1.72. The lowest BCUT2D eigenvalue weighted by Crippen LogP contribution is -1.96. The summed E-state index contributed by atoms with van der Waals surface area (Å²) in [7, 11) is 1.84. The molecule has 0 fully saturated rings. The topological polar surface area (TPSA) is 34.1 Å². The van der Waals surface area contributed by atoms with Crippen molar-refractivity contribution in [1.82, 2.24) is 4.98 Å². The Labute approximate surface area is 107 Å². The summed E-state index contributed by atoms with van der Waals surface area (Å²) in [6.45, 7) is 0.571. The van der Waals surface area contributed by atoms with Gasteiger partial charge in [0.25, 0.3) is 0 Å². The molecule has 0 aliphatic carbocycles. The van der Waals surface area contributed by atoms with Crippen LogP contribution >= 0.6 is 12.4 Å². The van der Waals surface area contributed by atoms with Gasteiger partial charge in [0, 0.05) is 7.05 Å². The first-order valence-electron chi connectivity index (χ1n) is 5.19. The number of halogens is 1. The molecule has 0 unspecified atom stereocenters. The summed E-state index contributed by atoms with van der Waals surface area (Å²) in [5.41, 5.74) is 1.15. The Bertz CT molecular complexity index is 431. The number of pyridine rings is 1. The number of hydrogen-bond donors (Lipinski definition) is 1. The minimum Gasteiger partial charge on any atom is -0.487 e. The zero-order chi connectivity index (χ0) is 11.2. The monoisotopic (exact) mass is 250 g/mol. The van der Waals surface area contributed by atoms with Crippen LogP contribution in [0.15, 0.2) is 48.7 Å². The van der Waals surface area contributed by atoms with Crippen LogP contribution in [-0.2, 0) is 6.61 Å². The average molecular weight is 251 g/mol. The SMILES string of the molecule is CNc1ccc(OCc2ccccc2)cn1.Cl. The maximum absolute atomic E-state index is 5.60. The first kappa shape index (κ1) is 13.3. The second-order valence-corrected chi connectivity index (χ2v) is 3.40. The average Bonchev–Trinajstić information content (AvgIpc) is 2.38. The van der Waals surface area contributed by atoms with Gasteiger partial charge in [-0.1, -0.05) is 30.3 Å². The molecule has 0 saturated heterocycles. The van der Waals surface area contributed by atoms with E-state index in [0.717, 1.165) is 17.1 Å². The molecule has 1 aromatic heterocycles. The van der Waals surface area contributed by atoms with E-state index in [9.17, 15) is 0 Å². The minimum atomic E-state index is 0. The van der Waals surface area contributed by atoms with Crippen LogP contribution in [-0.4, -0.2) is 12.0 Å². The number of benzene rings is 1. The third-order valence-corrected chi connectivity index (χ3v) is 2.24. The van der Waals surface area contributed by atoms with Crippen molar-refractivity contribution >= 4 is 18.2 Å². The largest absolute Gasteiger partial charge is 0.487 e. The summed E-state index contributed by atoms with van der Waals surface area (Å²) in [5, 5.41) is 2.96. The van der Waals surface area contributed by atoms with Gasteiger partial charge >= 0.3 is 0 Å². The molecule has 2 rings (SSSR count). The standard InChI is InChI=1S/C13H14N2O.ClH/c1-14-13-8-7-12(9-15-13)16-10-11-5-3-2-4-6-11;/h2-9H,10H2,1H3,(H,14,15);1H. The van der Waals surface area contributed by atoms with E-state index >= 15 is 0 Å². The van der Waals surface area contributed by atoms with Crippen molar-refractivity contribution in [3.8, 4) is 5.75 Å². The predicted molar refractivity (Wildman–Crippen MR) is 71.8 cm³/mol. The van der Waals surface area contributed by atoms with Crippen molar-refractivity contribution in [2.24, 2.45) is 0 Å². The zero-order valence-electron chi connectivity index (χ0n) is 9.59. The molecule has 1 heterocycles. The van der Waals surface area contributed by atoms with Crippen molar-refractivity contribution in [2.45, 2.75) is 6.61 Å². The Morgan fingerprint density at radius 2 is 1.88 bits per heavy atom. The first-order valence-corrected chi connectivity index (χ1v) is 5.19. The van der Waals surface area contributed by atoms with Crippen LogP contribution < -0.4 is 10.1 Å². The molecular weight excluding hydrogens is 236 g/mol. The third-order valence-electron chi connectivity index (χ3n) is 2.24. The molecule has 0 radical (unpaired) electrons. The zero-order valence-corrected chi connectivity index (χ0v) is 10.4. The number of nitrogens with zero attached hydrogens (tertiary/aromatic N) is 1. The molecule has 0 saturated carbocycles. The number of aromatic nitrogens is 1. The summed E-state index contributed by atoms with van der Waals surface area (Å²) >= 11 is 0. The quantitative estimate of drug-likeness (QED) is 0.905. The lowest BCUT2D eigenvalue weighted by molar-refractivity contribution is 0.305. The number of nitrogens with one attached hydrogen (secondary N) is 1. The third kappa shape index (κ3) is 3.96. The minimum absolute atomic E-state index is 0. The van der Waals surface area contributed by atoms with Crippen molar-refractivity contribution in [2.75, 3.05) is 12.4 Å². The van der Waals surface area contributed by atoms with E-state index in [1.165, 1.54) is 0 Å². The maximum Gasteiger partial charge on any atom is 0.138 e. The lowest BCUT2D eigenvalue weighted by Gasteiger charge is -2.06. The first-order chi connectivity index (χ1) is 7.88. The normalized spacial score (nSPS) is 9.24. The van der Waals surface area contributed by atoms with Crippen LogP contribution in [0.3, 0.4) is 0 Å². The summed E-state index contributed by atoms with van der Waals surface area (Å²) in [5.74, 6) is 1.62. The number of anilines is 1. The number of ether oxygens (including phenoxy) is 1. The predicted octanol–water partition coefficient (Wildman–Crippen LogP) is 3.12. The van der Waals surface area contributed by atoms with E-state index in [1.807, 2.05) is 49.5 Å². The Hall–Kier alpha value is -1.74. The van der Waals surface area contributed by atoms with E-state index in [1.54, 1.807) is 6.20 Å². The number of rotatable bonds is 4. The lowest BCUT2D eigenvalue weighted by atomic mass is 10.2. The fourth-order valence-electron chi connectivity index (χ4n) is 1.35. The highest BCUT2D eigenvalue weighted by Crippen LogP contribution is 2.13. The van der Waals surface area contributed by atoms with Gasteiger partial charge < -0.3 is 10.1 Å². The van der Waals surface area contributed by atoms with Crippen molar-refractivity contribution in [3.63, 3.8) is 0 Å². The fraction of sp³-hybridized carbons (Fsp3) is 0.154. The number of hydrogen-bond acceptors (Lipinski definition) is 3. The molecule has 17 heavy (non-hydrogen) atoms. The molecule has 1 N–H and O–H groups in total. The highest BCUT2D eigenvalue weighted by molar-refractivity contribution is 5.85. The summed E-state index contributed by atoms with van der Waals surface area (Å²) in [6, 6.07) is 13.9. The van der Waals surface area contributed by atoms with Crippen LogP contribution in [0.25, 0.3) is 0 Å². The Morgan fingerprint density at radius 3 is 2.47 bits per heavy atom. The van der Waals surface area contributed by atoms with E-state index in [2.05, 4.69) is 10.3 Å². The molecule has 2 aromatic rings. The van der Waals surface area contributed by atoms with Gasteiger partial charge in [-0.25, -0.2) is 4.98 Å². The van der Waals surface area contributed by atoms with Crippen molar-refractivity contribution in [1.29, 1.82) is 0 Å². The Kier molecular flexibility index (Phi) is 5.30. The van der Waals surface area contributed by atoms with Crippen LogP contribution in [0.2, 0.25) is 0 Å². The molecular formula is C13H15ClN2O. The van der Waals surface area contributed by atoms with Gasteiger partial charge in [0.05, 0.1) is 6.20 Å². The van der Waals surface area contributed by atoms with E-state index in [4.69, 9.17) is 4.74 Å². The molecule has 0 bridgehead atoms. The summed E-state index contributed by atoms with van der Waals surface area (Å²) < 4.78 is 5.60. The fourth-order valence-corrected chi connectivity index (χ4v) is 1.35. The van der Waals surface area contributed by atoms with Gasteiger partial charge in [-0.2, -0.15) is 0 Å². The van der Waals surface area contributed by atoms with Gasteiger partial charge in [-0.15, -0.1) is 12.4 Å². The van der Waals surface area contributed by atoms with Gasteiger partial charge in [0.2, 0.25) is 0 Å². The molecule has 90 valence electrons. The van der Waals surface area contributed by atoms with Crippen molar-refractivity contribution in [3.05, 3.63) is 54.2 Å². The second kappa shape index (κ2) is 6.76. The molecule has 4 heteroatoms. The molecule has 0 spiro atoms. The van der Waals surface area contributed by atoms with Gasteiger partial charge in [0.1, 0.15) is 18.2 Å². The smallest absolute Gasteiger partial charge is 0.138 e. The van der Waals surface area contributed by atoms with Gasteiger partial charge in [-0.3, -0.25) is 0 Å². The van der Waals surface area contributed by atoms with Crippen LogP contribution in [0.4, 0.5) is 5.82 Å². The van der Waals surface area contributed by atoms with E-state index < -0.39 is 0 Å². The highest BCUT2D eigenvalue weighted by atomic mass is 35.5. The van der Waals surface area contributed by atoms with E-state index in [0.29, 0.717) is 6.61 Å². The second-order valence-electron chi connectivity index (χ2n) is 3.40. The molecule has 1 aromatic carbocycles. The van der Waals surface area contributed by atoms with Gasteiger partial charge in [-0.05, 0) is 17.7 Å². The van der Waals surface area contributed by atoms with Crippen molar-refractivity contribution < 1.29 is 4.74 Å². The van der Waals surface area contributed by atoms with Crippen LogP contribution in [0, 0.1) is 0 Å². The maximum atomic E-state index is 5.60. The molecule has 0 atom stereocenters. The molecule has 0 aliphatic heterocycles. The summed E-state index contributed by atoms with van der Waals surface area (Å²) in [4.78, 5) is 4.17. The molecule has 0 aliphatic rings. The van der Waals surface area contributed by atoms with Gasteiger partial charge in [0.15, 0.2) is 0 Å². The Morgan fingerprint density at radius 1 is 1.12 bits per heavy atom. The van der Waals surface area contributed by atoms with E-state index in [-0.39, 0.29) is 12.4 Å². The van der Waals surface area contributed by atoms with Crippen LogP contribution in [0.5, 0.6) is 5.75 Å².